The number of carbonyl (C=O) groups is 1. The number of aryl methyl sites for hydroxylation is 1. The van der Waals surface area contributed by atoms with Crippen molar-refractivity contribution in [2.24, 2.45) is 0 Å². The molecule has 1 aliphatic rings. The van der Waals surface area contributed by atoms with E-state index in [2.05, 4.69) is 5.32 Å². The first-order valence-electron chi connectivity index (χ1n) is 6.21. The molecule has 0 aromatic carbocycles. The molecule has 1 saturated heterocycles. The lowest BCUT2D eigenvalue weighted by atomic mass is 10.1. The Kier molecular flexibility index (Phi) is 3.84. The zero-order chi connectivity index (χ0) is 12.3. The van der Waals surface area contributed by atoms with Crippen LogP contribution in [-0.2, 0) is 0 Å². The van der Waals surface area contributed by atoms with E-state index in [0.717, 1.165) is 38.1 Å². The van der Waals surface area contributed by atoms with Gasteiger partial charge >= 0.3 is 0 Å². The number of carbonyl (C=O) groups excluding carboxylic acids is 1. The molecule has 2 rings (SSSR count). The Labute approximate surface area is 102 Å². The summed E-state index contributed by atoms with van der Waals surface area (Å²) in [6, 6.07) is 2.14. The van der Waals surface area contributed by atoms with Crippen LogP contribution in [0.3, 0.4) is 0 Å². The van der Waals surface area contributed by atoms with Crippen LogP contribution in [0, 0.1) is 6.92 Å². The van der Waals surface area contributed by atoms with E-state index in [1.807, 2.05) is 18.9 Å². The molecule has 0 bridgehead atoms. The molecule has 0 aliphatic carbocycles. The molecule has 1 fully saturated rings. The van der Waals surface area contributed by atoms with E-state index < -0.39 is 0 Å². The number of nitrogens with one attached hydrogen (secondary N) is 1. The molecule has 1 N–H and O–H groups in total. The van der Waals surface area contributed by atoms with Gasteiger partial charge in [0.1, 0.15) is 12.0 Å². The van der Waals surface area contributed by atoms with E-state index in [0.29, 0.717) is 11.6 Å². The molecule has 0 spiro atoms. The van der Waals surface area contributed by atoms with Crippen molar-refractivity contribution in [2.75, 3.05) is 20.1 Å². The summed E-state index contributed by atoms with van der Waals surface area (Å²) in [6.45, 7) is 3.91. The fourth-order valence-corrected chi connectivity index (χ4v) is 2.31. The minimum absolute atomic E-state index is 0.0637. The van der Waals surface area contributed by atoms with E-state index in [1.165, 1.54) is 0 Å². The Morgan fingerprint density at radius 2 is 2.29 bits per heavy atom. The van der Waals surface area contributed by atoms with E-state index in [1.54, 1.807) is 12.3 Å². The van der Waals surface area contributed by atoms with Crippen molar-refractivity contribution >= 4 is 5.91 Å². The first kappa shape index (κ1) is 12.2. The smallest absolute Gasteiger partial charge is 0.257 e. The van der Waals surface area contributed by atoms with Crippen LogP contribution >= 0.6 is 0 Å². The minimum atomic E-state index is 0.0637. The van der Waals surface area contributed by atoms with Crippen molar-refractivity contribution in [1.29, 1.82) is 0 Å². The second kappa shape index (κ2) is 5.36. The molecule has 0 saturated carbocycles. The molecule has 2 heterocycles. The monoisotopic (exact) mass is 236 g/mol. The SMILES string of the molecule is Cc1cc(C(=O)N(C)C2CCCNCC2)co1. The molecule has 4 nitrogen and oxygen atoms in total. The van der Waals surface area contributed by atoms with Crippen molar-refractivity contribution in [3.63, 3.8) is 0 Å². The molecule has 1 unspecified atom stereocenters. The molecule has 0 radical (unpaired) electrons. The zero-order valence-electron chi connectivity index (χ0n) is 10.5. The van der Waals surface area contributed by atoms with Gasteiger partial charge in [0.05, 0.1) is 5.56 Å². The van der Waals surface area contributed by atoms with Crippen LogP contribution in [0.1, 0.15) is 35.4 Å². The maximum atomic E-state index is 12.2. The Morgan fingerprint density at radius 3 is 3.00 bits per heavy atom. The standard InChI is InChI=1S/C13H20N2O2/c1-10-8-11(9-17-10)13(16)15(2)12-4-3-6-14-7-5-12/h8-9,12,14H,3-7H2,1-2H3. The highest BCUT2D eigenvalue weighted by atomic mass is 16.3. The Balaban J connectivity index is 2.03. The normalized spacial score (nSPS) is 20.9. The summed E-state index contributed by atoms with van der Waals surface area (Å²) in [4.78, 5) is 14.1. The van der Waals surface area contributed by atoms with Gasteiger partial charge in [-0.25, -0.2) is 0 Å². The first-order valence-corrected chi connectivity index (χ1v) is 6.21. The number of amides is 1. The van der Waals surface area contributed by atoms with Crippen LogP contribution in [0.4, 0.5) is 0 Å². The third-order valence-electron chi connectivity index (χ3n) is 3.39. The van der Waals surface area contributed by atoms with E-state index >= 15 is 0 Å². The van der Waals surface area contributed by atoms with Crippen molar-refractivity contribution in [3.8, 4) is 0 Å². The van der Waals surface area contributed by atoms with Crippen molar-refractivity contribution in [2.45, 2.75) is 32.2 Å². The number of nitrogens with zero attached hydrogens (tertiary/aromatic N) is 1. The van der Waals surface area contributed by atoms with Crippen LogP contribution in [0.5, 0.6) is 0 Å². The molecule has 94 valence electrons. The van der Waals surface area contributed by atoms with Crippen LogP contribution in [0.15, 0.2) is 16.7 Å². The van der Waals surface area contributed by atoms with Gasteiger partial charge in [0.25, 0.3) is 5.91 Å². The van der Waals surface area contributed by atoms with Crippen molar-refractivity contribution in [3.05, 3.63) is 23.7 Å². The van der Waals surface area contributed by atoms with Gasteiger partial charge in [0.2, 0.25) is 0 Å². The Hall–Kier alpha value is -1.29. The summed E-state index contributed by atoms with van der Waals surface area (Å²) in [5.41, 5.74) is 0.655. The molecule has 1 aliphatic heterocycles. The van der Waals surface area contributed by atoms with E-state index in [9.17, 15) is 4.79 Å². The summed E-state index contributed by atoms with van der Waals surface area (Å²) in [6.07, 6.45) is 4.78. The average molecular weight is 236 g/mol. The second-order valence-corrected chi connectivity index (χ2v) is 4.70. The third kappa shape index (κ3) is 2.88. The first-order chi connectivity index (χ1) is 8.18. The van der Waals surface area contributed by atoms with Crippen molar-refractivity contribution in [1.82, 2.24) is 10.2 Å². The van der Waals surface area contributed by atoms with Crippen LogP contribution in [0.2, 0.25) is 0 Å². The molecular weight excluding hydrogens is 216 g/mol. The highest BCUT2D eigenvalue weighted by Crippen LogP contribution is 2.16. The maximum absolute atomic E-state index is 12.2. The van der Waals surface area contributed by atoms with Gasteiger partial charge < -0.3 is 14.6 Å². The van der Waals surface area contributed by atoms with Gasteiger partial charge in [0.15, 0.2) is 0 Å². The molecule has 4 heteroatoms. The summed E-state index contributed by atoms with van der Waals surface area (Å²) in [5.74, 6) is 0.845. The minimum Gasteiger partial charge on any atom is -0.469 e. The number of furan rings is 1. The highest BCUT2D eigenvalue weighted by Gasteiger charge is 2.22. The highest BCUT2D eigenvalue weighted by molar-refractivity contribution is 5.94. The number of hydrogen-bond acceptors (Lipinski definition) is 3. The summed E-state index contributed by atoms with van der Waals surface area (Å²) < 4.78 is 5.19. The fraction of sp³-hybridized carbons (Fsp3) is 0.615. The quantitative estimate of drug-likeness (QED) is 0.851. The van der Waals surface area contributed by atoms with Gasteiger partial charge in [-0.05, 0) is 45.3 Å². The van der Waals surface area contributed by atoms with Gasteiger partial charge in [-0.1, -0.05) is 0 Å². The maximum Gasteiger partial charge on any atom is 0.257 e. The predicted octanol–water partition coefficient (Wildman–Crippen LogP) is 1.80. The lowest BCUT2D eigenvalue weighted by molar-refractivity contribution is 0.0719. The lowest BCUT2D eigenvalue weighted by Gasteiger charge is -2.26. The van der Waals surface area contributed by atoms with Crippen LogP contribution in [-0.4, -0.2) is 37.0 Å². The largest absolute Gasteiger partial charge is 0.469 e. The van der Waals surface area contributed by atoms with Gasteiger partial charge in [-0.2, -0.15) is 0 Å². The molecule has 17 heavy (non-hydrogen) atoms. The van der Waals surface area contributed by atoms with Gasteiger partial charge in [0, 0.05) is 13.1 Å². The van der Waals surface area contributed by atoms with E-state index in [4.69, 9.17) is 4.42 Å². The summed E-state index contributed by atoms with van der Waals surface area (Å²) in [7, 11) is 1.89. The number of hydrogen-bond donors (Lipinski definition) is 1. The van der Waals surface area contributed by atoms with E-state index in [-0.39, 0.29) is 5.91 Å². The topological polar surface area (TPSA) is 45.5 Å². The molecular formula is C13H20N2O2. The van der Waals surface area contributed by atoms with Gasteiger partial charge in [-0.3, -0.25) is 4.79 Å². The zero-order valence-corrected chi connectivity index (χ0v) is 10.5. The molecule has 1 aromatic rings. The van der Waals surface area contributed by atoms with Gasteiger partial charge in [-0.15, -0.1) is 0 Å². The second-order valence-electron chi connectivity index (χ2n) is 4.70. The predicted molar refractivity (Wildman–Crippen MR) is 66.0 cm³/mol. The van der Waals surface area contributed by atoms with Crippen LogP contribution in [0.25, 0.3) is 0 Å². The summed E-state index contributed by atoms with van der Waals surface area (Å²) in [5, 5.41) is 3.36. The number of rotatable bonds is 2. The molecule has 1 amide bonds. The van der Waals surface area contributed by atoms with Crippen molar-refractivity contribution < 1.29 is 9.21 Å². The third-order valence-corrected chi connectivity index (χ3v) is 3.39. The van der Waals surface area contributed by atoms with Crippen LogP contribution < -0.4 is 5.32 Å². The molecule has 1 atom stereocenters. The average Bonchev–Trinajstić information content (AvgIpc) is 2.60. The Morgan fingerprint density at radius 1 is 1.47 bits per heavy atom. The Bertz CT molecular complexity index is 379. The molecule has 1 aromatic heterocycles. The lowest BCUT2D eigenvalue weighted by Crippen LogP contribution is -2.37. The fourth-order valence-electron chi connectivity index (χ4n) is 2.31. The summed E-state index contributed by atoms with van der Waals surface area (Å²) >= 11 is 0.